The number of methoxy groups -OCH3 is 1. The molecule has 3 rings (SSSR count). The fourth-order valence-corrected chi connectivity index (χ4v) is 2.78. The number of aromatic nitrogens is 1. The molecule has 0 bridgehead atoms. The number of thiazole rings is 1. The highest BCUT2D eigenvalue weighted by atomic mass is 32.1. The molecule has 1 heterocycles. The largest absolute Gasteiger partial charge is 0.493 e. The van der Waals surface area contributed by atoms with Crippen molar-refractivity contribution in [2.75, 3.05) is 7.11 Å². The topological polar surface area (TPSA) is 48.4 Å². The van der Waals surface area contributed by atoms with E-state index in [1.165, 1.54) is 11.3 Å². The van der Waals surface area contributed by atoms with Crippen LogP contribution < -0.4 is 9.47 Å². The monoisotopic (exact) mass is 325 g/mol. The van der Waals surface area contributed by atoms with Crippen molar-refractivity contribution in [1.29, 1.82) is 0 Å². The van der Waals surface area contributed by atoms with E-state index in [2.05, 4.69) is 4.98 Å². The van der Waals surface area contributed by atoms with E-state index < -0.39 is 0 Å². The molecule has 0 unspecified atom stereocenters. The van der Waals surface area contributed by atoms with Crippen LogP contribution in [0.25, 0.3) is 11.3 Å². The quantitative estimate of drug-likeness (QED) is 0.637. The van der Waals surface area contributed by atoms with Gasteiger partial charge >= 0.3 is 0 Å². The second kappa shape index (κ2) is 7.07. The number of rotatable bonds is 6. The van der Waals surface area contributed by atoms with Crippen LogP contribution in [0.5, 0.6) is 11.5 Å². The minimum Gasteiger partial charge on any atom is -0.493 e. The van der Waals surface area contributed by atoms with E-state index in [4.69, 9.17) is 9.47 Å². The number of carbonyl (C=O) groups is 1. The zero-order valence-corrected chi connectivity index (χ0v) is 13.4. The van der Waals surface area contributed by atoms with E-state index in [1.54, 1.807) is 7.11 Å². The molecule has 0 fully saturated rings. The molecule has 0 aliphatic heterocycles. The lowest BCUT2D eigenvalue weighted by atomic mass is 10.1. The molecule has 0 amide bonds. The number of hydrogen-bond donors (Lipinski definition) is 0. The average molecular weight is 325 g/mol. The Bertz CT molecular complexity index is 799. The van der Waals surface area contributed by atoms with Crippen molar-refractivity contribution >= 4 is 17.6 Å². The van der Waals surface area contributed by atoms with Gasteiger partial charge < -0.3 is 9.47 Å². The van der Waals surface area contributed by atoms with Gasteiger partial charge in [0.05, 0.1) is 12.8 Å². The summed E-state index contributed by atoms with van der Waals surface area (Å²) < 4.78 is 11.2. The summed E-state index contributed by atoms with van der Waals surface area (Å²) in [6, 6.07) is 15.6. The Balaban J connectivity index is 1.80. The van der Waals surface area contributed by atoms with E-state index in [1.807, 2.05) is 53.9 Å². The summed E-state index contributed by atoms with van der Waals surface area (Å²) in [7, 11) is 1.60. The lowest BCUT2D eigenvalue weighted by Gasteiger charge is -2.11. The van der Waals surface area contributed by atoms with Crippen LogP contribution in [0.15, 0.2) is 53.9 Å². The molecule has 23 heavy (non-hydrogen) atoms. The third kappa shape index (κ3) is 3.57. The SMILES string of the molecule is COc1cc(-c2csc(C=O)n2)ccc1OCc1ccccc1. The van der Waals surface area contributed by atoms with Gasteiger partial charge in [-0.25, -0.2) is 4.98 Å². The third-order valence-corrected chi connectivity index (χ3v) is 4.09. The molecule has 5 heteroatoms. The number of aldehydes is 1. The van der Waals surface area contributed by atoms with Crippen molar-refractivity contribution < 1.29 is 14.3 Å². The Morgan fingerprint density at radius 1 is 1.13 bits per heavy atom. The molecule has 0 aliphatic carbocycles. The van der Waals surface area contributed by atoms with Crippen molar-refractivity contribution in [2.45, 2.75) is 6.61 Å². The Hall–Kier alpha value is -2.66. The summed E-state index contributed by atoms with van der Waals surface area (Å²) >= 11 is 1.32. The number of nitrogens with zero attached hydrogens (tertiary/aromatic N) is 1. The first kappa shape index (κ1) is 15.2. The second-order valence-electron chi connectivity index (χ2n) is 4.83. The van der Waals surface area contributed by atoms with Gasteiger partial charge in [0.25, 0.3) is 0 Å². The minimum atomic E-state index is 0.461. The Morgan fingerprint density at radius 3 is 2.65 bits per heavy atom. The smallest absolute Gasteiger partial charge is 0.178 e. The third-order valence-electron chi connectivity index (χ3n) is 3.32. The van der Waals surface area contributed by atoms with Crippen LogP contribution in [0.4, 0.5) is 0 Å². The molecule has 4 nitrogen and oxygen atoms in total. The predicted octanol–water partition coefficient (Wildman–Crippen LogP) is 4.21. The molecule has 0 radical (unpaired) electrons. The summed E-state index contributed by atoms with van der Waals surface area (Å²) in [4.78, 5) is 15.0. The molecule has 0 saturated heterocycles. The van der Waals surface area contributed by atoms with E-state index in [0.29, 0.717) is 23.1 Å². The molecule has 116 valence electrons. The maximum Gasteiger partial charge on any atom is 0.178 e. The standard InChI is InChI=1S/C18H15NO3S/c1-21-17-9-14(15-12-23-18(10-20)19-15)7-8-16(17)22-11-13-5-3-2-4-6-13/h2-10,12H,11H2,1H3. The molecular weight excluding hydrogens is 310 g/mol. The number of carbonyl (C=O) groups excluding carboxylic acids is 1. The highest BCUT2D eigenvalue weighted by Gasteiger charge is 2.10. The van der Waals surface area contributed by atoms with E-state index in [-0.39, 0.29) is 0 Å². The van der Waals surface area contributed by atoms with Crippen LogP contribution in [0.2, 0.25) is 0 Å². The highest BCUT2D eigenvalue weighted by Crippen LogP contribution is 2.33. The zero-order chi connectivity index (χ0) is 16.1. The molecule has 0 aliphatic rings. The molecular formula is C18H15NO3S. The predicted molar refractivity (Wildman–Crippen MR) is 90.3 cm³/mol. The summed E-state index contributed by atoms with van der Waals surface area (Å²) in [6.45, 7) is 0.475. The van der Waals surface area contributed by atoms with Gasteiger partial charge in [0.15, 0.2) is 22.8 Å². The van der Waals surface area contributed by atoms with E-state index in [0.717, 1.165) is 23.1 Å². The van der Waals surface area contributed by atoms with Crippen LogP contribution in [0.1, 0.15) is 15.4 Å². The van der Waals surface area contributed by atoms with Crippen LogP contribution in [-0.4, -0.2) is 18.4 Å². The Morgan fingerprint density at radius 2 is 1.96 bits per heavy atom. The van der Waals surface area contributed by atoms with E-state index in [9.17, 15) is 4.79 Å². The number of benzene rings is 2. The molecule has 0 spiro atoms. The fourth-order valence-electron chi connectivity index (χ4n) is 2.16. The summed E-state index contributed by atoms with van der Waals surface area (Å²) in [5.41, 5.74) is 2.73. The lowest BCUT2D eigenvalue weighted by molar-refractivity contribution is 0.112. The first-order valence-electron chi connectivity index (χ1n) is 7.06. The zero-order valence-electron chi connectivity index (χ0n) is 12.6. The van der Waals surface area contributed by atoms with Crippen LogP contribution in [0.3, 0.4) is 0 Å². The first-order valence-corrected chi connectivity index (χ1v) is 7.94. The van der Waals surface area contributed by atoms with Crippen LogP contribution >= 0.6 is 11.3 Å². The van der Waals surface area contributed by atoms with Crippen molar-refractivity contribution in [3.63, 3.8) is 0 Å². The van der Waals surface area contributed by atoms with Gasteiger partial charge in [-0.1, -0.05) is 30.3 Å². The van der Waals surface area contributed by atoms with Gasteiger partial charge in [-0.3, -0.25) is 4.79 Å². The first-order chi connectivity index (χ1) is 11.3. The second-order valence-corrected chi connectivity index (χ2v) is 5.72. The van der Waals surface area contributed by atoms with Crippen LogP contribution in [0, 0.1) is 0 Å². The van der Waals surface area contributed by atoms with Crippen molar-refractivity contribution in [1.82, 2.24) is 4.98 Å². The summed E-state index contributed by atoms with van der Waals surface area (Å²) in [6.07, 6.45) is 0.753. The maximum absolute atomic E-state index is 10.8. The maximum atomic E-state index is 10.8. The normalized spacial score (nSPS) is 10.3. The molecule has 1 aromatic heterocycles. The van der Waals surface area contributed by atoms with E-state index >= 15 is 0 Å². The minimum absolute atomic E-state index is 0.461. The fraction of sp³-hybridized carbons (Fsp3) is 0.111. The van der Waals surface area contributed by atoms with Crippen molar-refractivity contribution in [2.24, 2.45) is 0 Å². The summed E-state index contributed by atoms with van der Waals surface area (Å²) in [5.74, 6) is 1.31. The Kier molecular flexibility index (Phi) is 4.68. The van der Waals surface area contributed by atoms with Gasteiger partial charge in [-0.05, 0) is 23.8 Å². The average Bonchev–Trinajstić information content (AvgIpc) is 3.10. The number of hydrogen-bond acceptors (Lipinski definition) is 5. The van der Waals surface area contributed by atoms with Crippen molar-refractivity contribution in [3.8, 4) is 22.8 Å². The van der Waals surface area contributed by atoms with Gasteiger partial charge in [0.1, 0.15) is 6.61 Å². The van der Waals surface area contributed by atoms with Gasteiger partial charge in [-0.2, -0.15) is 0 Å². The summed E-state index contributed by atoms with van der Waals surface area (Å²) in [5, 5.41) is 2.31. The van der Waals surface area contributed by atoms with Gasteiger partial charge in [0, 0.05) is 10.9 Å². The van der Waals surface area contributed by atoms with Crippen LogP contribution in [-0.2, 0) is 6.61 Å². The van der Waals surface area contributed by atoms with Gasteiger partial charge in [0.2, 0.25) is 0 Å². The molecule has 0 N–H and O–H groups in total. The Labute approximate surface area is 138 Å². The molecule has 2 aromatic carbocycles. The number of ether oxygens (including phenoxy) is 2. The molecule has 0 saturated carbocycles. The molecule has 3 aromatic rings. The van der Waals surface area contributed by atoms with Crippen molar-refractivity contribution in [3.05, 3.63) is 64.5 Å². The van der Waals surface area contributed by atoms with Gasteiger partial charge in [-0.15, -0.1) is 11.3 Å². The lowest BCUT2D eigenvalue weighted by Crippen LogP contribution is -1.97. The highest BCUT2D eigenvalue weighted by molar-refractivity contribution is 7.11. The molecule has 0 atom stereocenters.